The van der Waals surface area contributed by atoms with Gasteiger partial charge in [-0.25, -0.2) is 0 Å². The molecular formula is C49H63N3O10Si. The summed E-state index contributed by atoms with van der Waals surface area (Å²) in [6.45, 7) is 14.2. The van der Waals surface area contributed by atoms with Gasteiger partial charge >= 0.3 is 8.56 Å². The molecule has 0 saturated carbocycles. The molecule has 2 bridgehead atoms. The van der Waals surface area contributed by atoms with Crippen LogP contribution >= 0.6 is 0 Å². The molecular weight excluding hydrogens is 819 g/mol. The van der Waals surface area contributed by atoms with Crippen molar-refractivity contribution in [2.45, 2.75) is 139 Å². The number of benzene rings is 4. The molecule has 4 aromatic carbocycles. The lowest BCUT2D eigenvalue weighted by atomic mass is 9.96. The van der Waals surface area contributed by atoms with Gasteiger partial charge in [-0.05, 0) is 27.8 Å². The number of fused-ring (bicyclic) bond motifs is 2. The van der Waals surface area contributed by atoms with Crippen LogP contribution in [0.3, 0.4) is 0 Å². The third kappa shape index (κ3) is 11.3. The quantitative estimate of drug-likeness (QED) is 0.0436. The van der Waals surface area contributed by atoms with Gasteiger partial charge < -0.3 is 46.7 Å². The van der Waals surface area contributed by atoms with Gasteiger partial charge in [-0.1, -0.05) is 168 Å². The zero-order chi connectivity index (χ0) is 44.5. The number of azide groups is 1. The monoisotopic (exact) mass is 881 g/mol. The highest BCUT2D eigenvalue weighted by molar-refractivity contribution is 6.73. The number of hydrogen-bond donors (Lipinski definition) is 0. The molecule has 3 aliphatic heterocycles. The molecule has 338 valence electrons. The second-order valence-corrected chi connectivity index (χ2v) is 23.2. The van der Waals surface area contributed by atoms with Gasteiger partial charge in [0.15, 0.2) is 12.6 Å². The Morgan fingerprint density at radius 1 is 0.587 bits per heavy atom. The Kier molecular flexibility index (Phi) is 15.9. The molecule has 0 aromatic heterocycles. The van der Waals surface area contributed by atoms with Crippen LogP contribution in [0, 0.1) is 0 Å². The summed E-state index contributed by atoms with van der Waals surface area (Å²) in [5.74, 6) is 0. The van der Waals surface area contributed by atoms with Gasteiger partial charge in [-0.2, -0.15) is 0 Å². The topological polar surface area (TPSA) is 141 Å². The summed E-state index contributed by atoms with van der Waals surface area (Å²) in [4.78, 5) is 3.32. The Morgan fingerprint density at radius 2 is 1.03 bits per heavy atom. The van der Waals surface area contributed by atoms with Crippen molar-refractivity contribution in [3.8, 4) is 0 Å². The highest BCUT2D eigenvalue weighted by atomic mass is 28.4. The van der Waals surface area contributed by atoms with E-state index in [0.717, 1.165) is 22.3 Å². The maximum Gasteiger partial charge on any atom is 0.349 e. The van der Waals surface area contributed by atoms with Crippen LogP contribution in [0.4, 0.5) is 0 Å². The third-order valence-corrected chi connectivity index (χ3v) is 17.0. The van der Waals surface area contributed by atoms with E-state index < -0.39 is 69.9 Å². The van der Waals surface area contributed by atoms with E-state index in [-0.39, 0.29) is 36.5 Å². The minimum Gasteiger partial charge on any atom is -0.391 e. The average Bonchev–Trinajstić information content (AvgIpc) is 3.41. The summed E-state index contributed by atoms with van der Waals surface area (Å²) >= 11 is 0. The lowest BCUT2D eigenvalue weighted by molar-refractivity contribution is -0.333. The first kappa shape index (κ1) is 47.0. The number of methoxy groups -OCH3 is 1. The zero-order valence-electron chi connectivity index (χ0n) is 37.5. The molecule has 13 nitrogen and oxygen atoms in total. The first-order chi connectivity index (χ1) is 30.4. The van der Waals surface area contributed by atoms with Gasteiger partial charge in [0.05, 0.1) is 45.7 Å². The Balaban J connectivity index is 1.20. The van der Waals surface area contributed by atoms with Crippen molar-refractivity contribution >= 4 is 8.56 Å². The van der Waals surface area contributed by atoms with Gasteiger partial charge in [-0.15, -0.1) is 0 Å². The first-order valence-electron chi connectivity index (χ1n) is 21.8. The van der Waals surface area contributed by atoms with Gasteiger partial charge in [0, 0.05) is 22.1 Å². The molecule has 0 amide bonds. The van der Waals surface area contributed by atoms with Crippen LogP contribution in [0.5, 0.6) is 0 Å². The van der Waals surface area contributed by atoms with Crippen LogP contribution in [-0.2, 0) is 73.2 Å². The second-order valence-electron chi connectivity index (χ2n) is 18.4. The maximum absolute atomic E-state index is 10.1. The predicted octanol–water partition coefficient (Wildman–Crippen LogP) is 9.58. The Bertz CT molecular complexity index is 2020. The van der Waals surface area contributed by atoms with E-state index in [1.54, 1.807) is 7.11 Å². The molecule has 3 fully saturated rings. The van der Waals surface area contributed by atoms with Crippen LogP contribution in [0.1, 0.15) is 63.8 Å². The summed E-state index contributed by atoms with van der Waals surface area (Å²) in [7, 11) is -1.59. The molecule has 3 aliphatic rings. The number of hydrogen-bond acceptors (Lipinski definition) is 11. The van der Waals surface area contributed by atoms with Crippen molar-refractivity contribution in [1.82, 2.24) is 0 Å². The molecule has 3 heterocycles. The lowest BCUT2D eigenvalue weighted by Gasteiger charge is -2.51. The smallest absolute Gasteiger partial charge is 0.349 e. The highest BCUT2D eigenvalue weighted by Crippen LogP contribution is 2.55. The molecule has 63 heavy (non-hydrogen) atoms. The van der Waals surface area contributed by atoms with Crippen LogP contribution < -0.4 is 0 Å². The van der Waals surface area contributed by atoms with Gasteiger partial charge in [-0.3, -0.25) is 0 Å². The zero-order valence-corrected chi connectivity index (χ0v) is 38.5. The van der Waals surface area contributed by atoms with E-state index in [0.29, 0.717) is 13.2 Å². The maximum atomic E-state index is 10.1. The van der Waals surface area contributed by atoms with Crippen LogP contribution in [0.15, 0.2) is 126 Å². The van der Waals surface area contributed by atoms with Crippen molar-refractivity contribution in [3.63, 3.8) is 0 Å². The van der Waals surface area contributed by atoms with Crippen molar-refractivity contribution in [2.75, 3.05) is 20.3 Å². The fourth-order valence-electron chi connectivity index (χ4n) is 9.04. The molecule has 0 radical (unpaired) electrons. The van der Waals surface area contributed by atoms with E-state index in [2.05, 4.69) is 51.6 Å². The summed E-state index contributed by atoms with van der Waals surface area (Å²) in [6, 6.07) is 38.8. The SMILES string of the molecule is CO[C@H]1O[C@H](COC2O[C@@H]3CO[Si](C(C)(C)C)(C(C)(C)C)O[C@@H]([C@@H]3OCc3ccccc3)[C@H]2N=[N+]=[N-])[C@@H](OCc2ccccc2)[C@H](OCc2ccccc2)[C@H]1OCc1ccccc1. The molecule has 7 rings (SSSR count). The van der Waals surface area contributed by atoms with Crippen molar-refractivity contribution < 1.29 is 46.7 Å². The number of nitrogens with zero attached hydrogens (tertiary/aromatic N) is 3. The van der Waals surface area contributed by atoms with Crippen molar-refractivity contribution in [1.29, 1.82) is 0 Å². The van der Waals surface area contributed by atoms with E-state index in [4.69, 9.17) is 46.7 Å². The van der Waals surface area contributed by atoms with E-state index >= 15 is 0 Å². The lowest BCUT2D eigenvalue weighted by Crippen LogP contribution is -2.64. The fourth-order valence-corrected chi connectivity index (χ4v) is 14.0. The standard InChI is InChI=1S/C49H63N3O10Si/c1-48(2,3)63(49(4,5)6)59-33-39-41(54-28-34-20-12-8-13-21-34)43(62-63)40(51-52-50)46(60-39)58-32-38-42(55-29-35-22-14-9-15-23-35)44(56-30-36-24-16-10-17-25-36)45(47(53-7)61-38)57-31-37-26-18-11-19-27-37/h8-27,38-47H,28-33H2,1-7H3/t38-,39-,40-,41-,42-,43-,44+,45-,46?,47+/m1/s1. The normalized spacial score (nSPS) is 28.4. The molecule has 0 spiro atoms. The number of rotatable bonds is 17. The largest absolute Gasteiger partial charge is 0.391 e. The van der Waals surface area contributed by atoms with E-state index in [9.17, 15) is 5.53 Å². The van der Waals surface area contributed by atoms with Crippen LogP contribution in [0.25, 0.3) is 10.4 Å². The summed E-state index contributed by atoms with van der Waals surface area (Å²) in [6.07, 6.45) is -6.77. The third-order valence-electron chi connectivity index (χ3n) is 11.9. The Morgan fingerprint density at radius 3 is 1.48 bits per heavy atom. The van der Waals surface area contributed by atoms with Crippen molar-refractivity contribution in [3.05, 3.63) is 154 Å². The first-order valence-corrected chi connectivity index (χ1v) is 23.7. The molecule has 3 saturated heterocycles. The van der Waals surface area contributed by atoms with E-state index in [1.165, 1.54) is 0 Å². The summed E-state index contributed by atoms with van der Waals surface area (Å²) in [5, 5.41) is 3.58. The summed E-state index contributed by atoms with van der Waals surface area (Å²) in [5.41, 5.74) is 14.1. The summed E-state index contributed by atoms with van der Waals surface area (Å²) < 4.78 is 67.6. The van der Waals surface area contributed by atoms with Gasteiger partial charge in [0.1, 0.15) is 42.7 Å². The van der Waals surface area contributed by atoms with Crippen LogP contribution in [-0.4, -0.2) is 90.2 Å². The number of ether oxygens (including phenoxy) is 8. The Labute approximate surface area is 373 Å². The molecule has 4 aromatic rings. The fraction of sp³-hybridized carbons (Fsp3) is 0.510. The molecule has 14 heteroatoms. The second kappa shape index (κ2) is 21.3. The minimum atomic E-state index is -3.17. The average molecular weight is 882 g/mol. The predicted molar refractivity (Wildman–Crippen MR) is 239 cm³/mol. The molecule has 0 N–H and O–H groups in total. The van der Waals surface area contributed by atoms with Crippen molar-refractivity contribution in [2.24, 2.45) is 5.11 Å². The van der Waals surface area contributed by atoms with Gasteiger partial charge in [0.2, 0.25) is 0 Å². The Hall–Kier alpha value is -3.99. The highest BCUT2D eigenvalue weighted by Gasteiger charge is 2.64. The van der Waals surface area contributed by atoms with Crippen LogP contribution in [0.2, 0.25) is 10.1 Å². The van der Waals surface area contributed by atoms with Gasteiger partial charge in [0.25, 0.3) is 0 Å². The molecule has 0 aliphatic carbocycles. The van der Waals surface area contributed by atoms with E-state index in [1.807, 2.05) is 121 Å². The molecule has 10 atom stereocenters. The minimum absolute atomic E-state index is 0.0466. The molecule has 1 unspecified atom stereocenters.